The fourth-order valence-electron chi connectivity index (χ4n) is 3.08. The molecule has 1 aliphatic rings. The highest BCUT2D eigenvalue weighted by Crippen LogP contribution is 2.26. The maximum atomic E-state index is 4.81. The van der Waals surface area contributed by atoms with E-state index in [1.54, 1.807) is 6.33 Å². The van der Waals surface area contributed by atoms with E-state index in [2.05, 4.69) is 31.8 Å². The van der Waals surface area contributed by atoms with Gasteiger partial charge in [0.05, 0.1) is 35.5 Å². The van der Waals surface area contributed by atoms with Gasteiger partial charge in [-0.25, -0.2) is 9.97 Å². The Morgan fingerprint density at radius 2 is 2.38 bits per heavy atom. The molecule has 1 unspecified atom stereocenters. The van der Waals surface area contributed by atoms with Crippen LogP contribution in [0.15, 0.2) is 24.8 Å². The first kappa shape index (κ1) is 12.5. The second kappa shape index (κ2) is 4.96. The molecule has 6 nitrogen and oxygen atoms in total. The predicted molar refractivity (Wildman–Crippen MR) is 79.7 cm³/mol. The number of aromatic nitrogens is 5. The molecule has 0 fully saturated rings. The predicted octanol–water partition coefficient (Wildman–Crippen LogP) is 1.95. The van der Waals surface area contributed by atoms with Crippen molar-refractivity contribution in [3.63, 3.8) is 0 Å². The summed E-state index contributed by atoms with van der Waals surface area (Å²) in [5, 5.41) is 3.56. The molecule has 4 rings (SSSR count). The van der Waals surface area contributed by atoms with Crippen LogP contribution in [0.2, 0.25) is 0 Å². The largest absolute Gasteiger partial charge is 0.347 e. The Morgan fingerprint density at radius 3 is 3.29 bits per heavy atom. The Labute approximate surface area is 122 Å². The monoisotopic (exact) mass is 282 g/mol. The molecule has 21 heavy (non-hydrogen) atoms. The van der Waals surface area contributed by atoms with Crippen LogP contribution >= 0.6 is 0 Å². The number of fused-ring (bicyclic) bond motifs is 2. The zero-order valence-electron chi connectivity index (χ0n) is 12.0. The summed E-state index contributed by atoms with van der Waals surface area (Å²) in [5.41, 5.74) is 4.46. The standard InChI is InChI=1S/C15H18N6/c1-2-5-21-14-3-4-16-7-13(14)20-15(21)11-6-10-12(8-17-11)19-9-18-10/h3-4,7,9,11,17H,2,5-6,8H2,1H3,(H,18,19). The fraction of sp³-hybridized carbons (Fsp3) is 0.400. The summed E-state index contributed by atoms with van der Waals surface area (Å²) < 4.78 is 2.31. The van der Waals surface area contributed by atoms with Crippen molar-refractivity contribution in [1.29, 1.82) is 0 Å². The molecule has 0 bridgehead atoms. The lowest BCUT2D eigenvalue weighted by Gasteiger charge is -2.23. The SMILES string of the molecule is CCCn1c(C2Cc3nc[nH]c3CN2)nc2cnccc21. The first-order chi connectivity index (χ1) is 10.4. The Hall–Kier alpha value is -2.21. The molecular weight excluding hydrogens is 264 g/mol. The van der Waals surface area contributed by atoms with Gasteiger partial charge in [-0.3, -0.25) is 4.98 Å². The molecule has 0 amide bonds. The Morgan fingerprint density at radius 1 is 1.43 bits per heavy atom. The van der Waals surface area contributed by atoms with Crippen LogP contribution in [0, 0.1) is 0 Å². The summed E-state index contributed by atoms with van der Waals surface area (Å²) in [4.78, 5) is 16.6. The number of nitrogens with zero attached hydrogens (tertiary/aromatic N) is 4. The number of aryl methyl sites for hydroxylation is 1. The van der Waals surface area contributed by atoms with Gasteiger partial charge in [-0.2, -0.15) is 0 Å². The number of hydrogen-bond acceptors (Lipinski definition) is 4. The smallest absolute Gasteiger partial charge is 0.127 e. The van der Waals surface area contributed by atoms with Crippen LogP contribution in [0.4, 0.5) is 0 Å². The van der Waals surface area contributed by atoms with Crippen LogP contribution in [-0.4, -0.2) is 24.5 Å². The van der Waals surface area contributed by atoms with Crippen LogP contribution in [0.5, 0.6) is 0 Å². The number of nitrogens with one attached hydrogen (secondary N) is 2. The Kier molecular flexibility index (Phi) is 2.96. The lowest BCUT2D eigenvalue weighted by atomic mass is 10.0. The summed E-state index contributed by atoms with van der Waals surface area (Å²) in [6.07, 6.45) is 7.40. The molecule has 0 saturated heterocycles. The third-order valence-corrected chi connectivity index (χ3v) is 4.07. The highest BCUT2D eigenvalue weighted by Gasteiger charge is 2.26. The first-order valence-corrected chi connectivity index (χ1v) is 7.41. The molecule has 0 aliphatic carbocycles. The highest BCUT2D eigenvalue weighted by atomic mass is 15.1. The molecule has 4 heterocycles. The summed E-state index contributed by atoms with van der Waals surface area (Å²) in [6.45, 7) is 3.98. The van der Waals surface area contributed by atoms with E-state index in [1.165, 1.54) is 5.69 Å². The molecule has 1 aliphatic heterocycles. The van der Waals surface area contributed by atoms with E-state index < -0.39 is 0 Å². The number of pyridine rings is 1. The van der Waals surface area contributed by atoms with Crippen molar-refractivity contribution in [3.8, 4) is 0 Å². The molecule has 6 heteroatoms. The molecule has 0 aromatic carbocycles. The van der Waals surface area contributed by atoms with E-state index in [4.69, 9.17) is 4.98 Å². The maximum Gasteiger partial charge on any atom is 0.127 e. The van der Waals surface area contributed by atoms with Gasteiger partial charge in [0.1, 0.15) is 11.3 Å². The van der Waals surface area contributed by atoms with Crippen molar-refractivity contribution in [1.82, 2.24) is 29.8 Å². The van der Waals surface area contributed by atoms with E-state index in [0.717, 1.165) is 48.5 Å². The van der Waals surface area contributed by atoms with Crippen molar-refractivity contribution in [2.45, 2.75) is 38.9 Å². The van der Waals surface area contributed by atoms with Crippen molar-refractivity contribution in [3.05, 3.63) is 42.0 Å². The van der Waals surface area contributed by atoms with E-state index in [0.29, 0.717) is 0 Å². The topological polar surface area (TPSA) is 71.4 Å². The third-order valence-electron chi connectivity index (χ3n) is 4.07. The Bertz CT molecular complexity index is 771. The van der Waals surface area contributed by atoms with Crippen LogP contribution in [0.1, 0.15) is 36.6 Å². The normalized spacial score (nSPS) is 18.0. The molecule has 3 aromatic heterocycles. The van der Waals surface area contributed by atoms with Crippen LogP contribution in [0.25, 0.3) is 11.0 Å². The lowest BCUT2D eigenvalue weighted by molar-refractivity contribution is 0.448. The van der Waals surface area contributed by atoms with Crippen molar-refractivity contribution >= 4 is 11.0 Å². The van der Waals surface area contributed by atoms with E-state index in [1.807, 2.05) is 18.5 Å². The zero-order chi connectivity index (χ0) is 14.2. The van der Waals surface area contributed by atoms with Crippen molar-refractivity contribution in [2.75, 3.05) is 0 Å². The fourth-order valence-corrected chi connectivity index (χ4v) is 3.08. The highest BCUT2D eigenvalue weighted by molar-refractivity contribution is 5.74. The van der Waals surface area contributed by atoms with Crippen LogP contribution in [-0.2, 0) is 19.5 Å². The molecule has 2 N–H and O–H groups in total. The van der Waals surface area contributed by atoms with Crippen LogP contribution < -0.4 is 5.32 Å². The van der Waals surface area contributed by atoms with Gasteiger partial charge < -0.3 is 14.9 Å². The minimum absolute atomic E-state index is 0.208. The summed E-state index contributed by atoms with van der Waals surface area (Å²) in [7, 11) is 0. The molecule has 108 valence electrons. The van der Waals surface area contributed by atoms with Gasteiger partial charge in [-0.1, -0.05) is 6.92 Å². The van der Waals surface area contributed by atoms with E-state index in [-0.39, 0.29) is 6.04 Å². The van der Waals surface area contributed by atoms with Gasteiger partial charge in [0.25, 0.3) is 0 Å². The van der Waals surface area contributed by atoms with Crippen LogP contribution in [0.3, 0.4) is 0 Å². The molecule has 3 aromatic rings. The number of hydrogen-bond donors (Lipinski definition) is 2. The second-order valence-corrected chi connectivity index (χ2v) is 5.45. The van der Waals surface area contributed by atoms with E-state index >= 15 is 0 Å². The number of aromatic amines is 1. The first-order valence-electron chi connectivity index (χ1n) is 7.41. The van der Waals surface area contributed by atoms with Gasteiger partial charge in [-0.05, 0) is 12.5 Å². The number of rotatable bonds is 3. The second-order valence-electron chi connectivity index (χ2n) is 5.45. The quantitative estimate of drug-likeness (QED) is 0.770. The number of H-pyrrole nitrogens is 1. The average Bonchev–Trinajstić information content (AvgIpc) is 3.11. The molecule has 1 atom stereocenters. The van der Waals surface area contributed by atoms with Gasteiger partial charge >= 0.3 is 0 Å². The van der Waals surface area contributed by atoms with Gasteiger partial charge in [0, 0.05) is 25.7 Å². The summed E-state index contributed by atoms with van der Waals surface area (Å²) in [5.74, 6) is 1.09. The molecule has 0 saturated carbocycles. The maximum absolute atomic E-state index is 4.81. The minimum atomic E-state index is 0.208. The van der Waals surface area contributed by atoms with E-state index in [9.17, 15) is 0 Å². The molecular formula is C15H18N6. The molecule has 0 spiro atoms. The Balaban J connectivity index is 1.78. The zero-order valence-corrected chi connectivity index (χ0v) is 12.0. The average molecular weight is 282 g/mol. The summed E-state index contributed by atoms with van der Waals surface area (Å²) in [6, 6.07) is 2.25. The summed E-state index contributed by atoms with van der Waals surface area (Å²) >= 11 is 0. The lowest BCUT2D eigenvalue weighted by Crippen LogP contribution is -2.31. The van der Waals surface area contributed by atoms with Crippen molar-refractivity contribution in [2.24, 2.45) is 0 Å². The van der Waals surface area contributed by atoms with Gasteiger partial charge in [-0.15, -0.1) is 0 Å². The molecule has 0 radical (unpaired) electrons. The van der Waals surface area contributed by atoms with Crippen molar-refractivity contribution < 1.29 is 0 Å². The minimum Gasteiger partial charge on any atom is -0.347 e. The van der Waals surface area contributed by atoms with Gasteiger partial charge in [0.15, 0.2) is 0 Å². The third kappa shape index (κ3) is 2.03. The number of imidazole rings is 2. The van der Waals surface area contributed by atoms with Gasteiger partial charge in [0.2, 0.25) is 0 Å².